The van der Waals surface area contributed by atoms with Crippen molar-refractivity contribution in [3.8, 4) is 5.75 Å². The summed E-state index contributed by atoms with van der Waals surface area (Å²) in [4.78, 5) is 22.3. The molecule has 2 atom stereocenters. The van der Waals surface area contributed by atoms with Gasteiger partial charge in [0.25, 0.3) is 0 Å². The van der Waals surface area contributed by atoms with Crippen LogP contribution in [0.3, 0.4) is 0 Å². The van der Waals surface area contributed by atoms with Gasteiger partial charge in [-0.15, -0.1) is 13.2 Å². The van der Waals surface area contributed by atoms with Crippen molar-refractivity contribution in [3.05, 3.63) is 95.1 Å². The van der Waals surface area contributed by atoms with E-state index in [1.54, 1.807) is 32.0 Å². The largest absolute Gasteiger partial charge is 0.573 e. The van der Waals surface area contributed by atoms with E-state index in [1.807, 2.05) is 0 Å². The molecule has 5 nitrogen and oxygen atoms in total. The van der Waals surface area contributed by atoms with Crippen LogP contribution >= 0.6 is 0 Å². The predicted octanol–water partition coefficient (Wildman–Crippen LogP) is 8.01. The zero-order valence-corrected chi connectivity index (χ0v) is 20.8. The van der Waals surface area contributed by atoms with E-state index in [4.69, 9.17) is 6.57 Å². The number of halogens is 6. The zero-order valence-electron chi connectivity index (χ0n) is 20.8. The third-order valence-electron chi connectivity index (χ3n) is 6.63. The van der Waals surface area contributed by atoms with E-state index in [0.29, 0.717) is 16.9 Å². The van der Waals surface area contributed by atoms with Gasteiger partial charge < -0.3 is 9.64 Å². The van der Waals surface area contributed by atoms with Gasteiger partial charge in [0.15, 0.2) is 5.69 Å². The molecule has 3 aromatic rings. The number of anilines is 1. The number of ether oxygens (including phenoxy) is 1. The first-order valence-electron chi connectivity index (χ1n) is 11.9. The monoisotopic (exact) mass is 547 g/mol. The predicted molar refractivity (Wildman–Crippen MR) is 131 cm³/mol. The molecule has 0 aliphatic carbocycles. The van der Waals surface area contributed by atoms with Crippen molar-refractivity contribution < 1.29 is 35.9 Å². The molecule has 2 aromatic carbocycles. The van der Waals surface area contributed by atoms with Crippen LogP contribution in [0.4, 0.5) is 37.7 Å². The first kappa shape index (κ1) is 28.0. The number of amides is 1. The van der Waals surface area contributed by atoms with Crippen LogP contribution in [0.15, 0.2) is 66.7 Å². The van der Waals surface area contributed by atoms with Crippen LogP contribution in [-0.2, 0) is 16.4 Å². The van der Waals surface area contributed by atoms with Crippen LogP contribution < -0.4 is 9.64 Å². The Labute approximate surface area is 220 Å². The lowest BCUT2D eigenvalue weighted by molar-refractivity contribution is -0.274. The molecular weight excluding hydrogens is 524 g/mol. The van der Waals surface area contributed by atoms with Crippen molar-refractivity contribution in [2.75, 3.05) is 4.90 Å². The summed E-state index contributed by atoms with van der Waals surface area (Å²) in [5.74, 6) is -1.44. The van der Waals surface area contributed by atoms with Crippen LogP contribution in [0.5, 0.6) is 5.75 Å². The molecule has 4 rings (SSSR count). The van der Waals surface area contributed by atoms with Gasteiger partial charge >= 0.3 is 12.5 Å². The van der Waals surface area contributed by atoms with Crippen molar-refractivity contribution in [1.29, 1.82) is 0 Å². The van der Waals surface area contributed by atoms with Crippen molar-refractivity contribution in [2.24, 2.45) is 5.92 Å². The number of hydrogen-bond acceptors (Lipinski definition) is 3. The van der Waals surface area contributed by atoms with Crippen LogP contribution in [0.1, 0.15) is 49.7 Å². The maximum absolute atomic E-state index is 13.7. The van der Waals surface area contributed by atoms with Gasteiger partial charge in [0, 0.05) is 22.7 Å². The minimum absolute atomic E-state index is 0.145. The molecule has 0 N–H and O–H groups in total. The summed E-state index contributed by atoms with van der Waals surface area (Å²) in [5.41, 5.74) is -0.615. The minimum Gasteiger partial charge on any atom is -0.406 e. The lowest BCUT2D eigenvalue weighted by Crippen LogP contribution is -2.32. The van der Waals surface area contributed by atoms with E-state index in [9.17, 15) is 31.1 Å². The normalized spacial score (nSPS) is 18.2. The molecule has 1 saturated heterocycles. The van der Waals surface area contributed by atoms with E-state index < -0.39 is 41.4 Å². The fourth-order valence-electron chi connectivity index (χ4n) is 4.89. The van der Waals surface area contributed by atoms with Gasteiger partial charge in [0.1, 0.15) is 11.4 Å². The number of carbonyl (C=O) groups excluding carboxylic acids is 1. The number of hydrogen-bond donors (Lipinski definition) is 0. The molecule has 0 unspecified atom stereocenters. The highest BCUT2D eigenvalue weighted by Crippen LogP contribution is 2.45. The highest BCUT2D eigenvalue weighted by Gasteiger charge is 2.44. The smallest absolute Gasteiger partial charge is 0.406 e. The molecule has 11 heteroatoms. The number of pyridine rings is 1. The second kappa shape index (κ2) is 10.2. The molecule has 0 radical (unpaired) electrons. The lowest BCUT2D eigenvalue weighted by atomic mass is 9.78. The van der Waals surface area contributed by atoms with Crippen LogP contribution in [0, 0.1) is 12.5 Å². The average Bonchev–Trinajstić information content (AvgIpc) is 3.18. The SMILES string of the molecule is [C-]#[N+]c1ccc(N2C(=O)[C@H](CC(C)(C)c3cccc(C(F)(F)F)n3)C[C@@H]2c2cccc(OC(F)(F)F)c2)cc1. The van der Waals surface area contributed by atoms with Crippen LogP contribution in [0.2, 0.25) is 0 Å². The number of benzene rings is 2. The molecule has 204 valence electrons. The Balaban J connectivity index is 1.69. The first-order chi connectivity index (χ1) is 18.2. The molecule has 0 bridgehead atoms. The molecule has 1 fully saturated rings. The maximum atomic E-state index is 13.7. The summed E-state index contributed by atoms with van der Waals surface area (Å²) in [6.07, 6.45) is -9.19. The van der Waals surface area contributed by atoms with Crippen LogP contribution in [0.25, 0.3) is 4.85 Å². The van der Waals surface area contributed by atoms with E-state index >= 15 is 0 Å². The molecule has 2 heterocycles. The Bertz CT molecular complexity index is 1390. The van der Waals surface area contributed by atoms with Gasteiger partial charge in [-0.25, -0.2) is 9.83 Å². The van der Waals surface area contributed by atoms with Gasteiger partial charge in [-0.3, -0.25) is 4.79 Å². The molecule has 39 heavy (non-hydrogen) atoms. The first-order valence-corrected chi connectivity index (χ1v) is 11.9. The number of nitrogens with zero attached hydrogens (tertiary/aromatic N) is 3. The standard InChI is InChI=1S/C28H23F6N3O2/c1-26(2,23-8-5-9-24(36-23)27(29,30)31)16-18-15-22(17-6-4-7-21(14-17)39-28(32,33)34)37(25(18)38)20-12-10-19(35-3)11-13-20/h4-14,18,22H,15-16H2,1-2H3/t18-,22+/m0/s1. The van der Waals surface area contributed by atoms with E-state index in [2.05, 4.69) is 14.6 Å². The lowest BCUT2D eigenvalue weighted by Gasteiger charge is -2.28. The average molecular weight is 547 g/mol. The van der Waals surface area contributed by atoms with Crippen molar-refractivity contribution in [2.45, 2.75) is 50.7 Å². The van der Waals surface area contributed by atoms with Gasteiger partial charge in [0.05, 0.1) is 12.6 Å². The van der Waals surface area contributed by atoms with Gasteiger partial charge in [-0.1, -0.05) is 44.2 Å². The fourth-order valence-corrected chi connectivity index (χ4v) is 4.89. The summed E-state index contributed by atoms with van der Waals surface area (Å²) in [6.45, 7) is 10.6. The Hall–Kier alpha value is -4.07. The molecular formula is C28H23F6N3O2. The Morgan fingerprint density at radius 1 is 0.974 bits per heavy atom. The summed E-state index contributed by atoms with van der Waals surface area (Å²) in [5, 5.41) is 0. The molecule has 0 saturated carbocycles. The third kappa shape index (κ3) is 6.33. The summed E-state index contributed by atoms with van der Waals surface area (Å²) in [6, 6.07) is 14.5. The minimum atomic E-state index is -4.90. The maximum Gasteiger partial charge on any atom is 0.573 e. The molecule has 1 aliphatic rings. The van der Waals surface area contributed by atoms with Crippen molar-refractivity contribution in [3.63, 3.8) is 0 Å². The van der Waals surface area contributed by atoms with Crippen molar-refractivity contribution >= 4 is 17.3 Å². The Morgan fingerprint density at radius 3 is 2.23 bits per heavy atom. The molecule has 1 aliphatic heterocycles. The number of aromatic nitrogens is 1. The number of rotatable bonds is 6. The Kier molecular flexibility index (Phi) is 7.34. The van der Waals surface area contributed by atoms with Crippen LogP contribution in [-0.4, -0.2) is 17.3 Å². The Morgan fingerprint density at radius 2 is 1.62 bits per heavy atom. The van der Waals surface area contributed by atoms with Gasteiger partial charge in [-0.2, -0.15) is 13.2 Å². The van der Waals surface area contributed by atoms with E-state index in [0.717, 1.165) is 12.1 Å². The highest BCUT2D eigenvalue weighted by molar-refractivity contribution is 5.98. The highest BCUT2D eigenvalue weighted by atomic mass is 19.4. The van der Waals surface area contributed by atoms with Crippen molar-refractivity contribution in [1.82, 2.24) is 4.98 Å². The molecule has 1 aromatic heterocycles. The van der Waals surface area contributed by atoms with Gasteiger partial charge in [-0.05, 0) is 54.8 Å². The fraction of sp³-hybridized carbons (Fsp3) is 0.321. The second-order valence-corrected chi connectivity index (χ2v) is 9.90. The number of alkyl halides is 6. The summed E-state index contributed by atoms with van der Waals surface area (Å²) in [7, 11) is 0. The molecule has 0 spiro atoms. The quantitative estimate of drug-likeness (QED) is 0.232. The second-order valence-electron chi connectivity index (χ2n) is 9.90. The van der Waals surface area contributed by atoms with Gasteiger partial charge in [0.2, 0.25) is 5.91 Å². The molecule has 1 amide bonds. The number of carbonyl (C=O) groups is 1. The van der Waals surface area contributed by atoms with E-state index in [1.165, 1.54) is 41.3 Å². The van der Waals surface area contributed by atoms with E-state index in [-0.39, 0.29) is 24.4 Å². The zero-order chi connectivity index (χ0) is 28.6. The third-order valence-corrected chi connectivity index (χ3v) is 6.63. The summed E-state index contributed by atoms with van der Waals surface area (Å²) >= 11 is 0. The summed E-state index contributed by atoms with van der Waals surface area (Å²) < 4.78 is 82.4. The topological polar surface area (TPSA) is 46.8 Å².